The standard InChI is InChI=1S/C65H108N4O49/c1-15(77)66-29-19(81)5-65(64(100)101,118-53(29)33(83)20(82)6-70)103-14-28-35(85)42(92)46(96)61(111-28)112-50-26(12-76)109-58(31(40(50)90)68-17(3)79)116-54-37(87)23(9-73)107-62(47(54)97)113-49-25(11-75)108-57(30(39(49)89)67-16(2)78)102-13-27-38(88)55(48(98)63(110-27)114-51-24(10-74)104-56(99)44(94)43(51)93)117-59-32(69-18(4)80)52(36(86)22(8-72)105-59)115-60-45(95)41(91)34(84)21(7-71)106-60/h19-63,70-76,81-99H,5-14H2,1-4H3,(H,66,77)(H,67,78)(H,68,79)(H,69,80)(H,100,101)/t19-,20+,21+,22+,23+,24+,25+,26+,27+,28+,29+,30+,31+,32+,33+,34-,35-,36+,37-,38-,39+,40+,41-,42-,43+,44+,45+,46+,47+,48+,49+,50+,51+,52+,53+,54-,55-,56?,57+,58-,59-,60-,61?,62-,63-,65+/m0/s1. The first kappa shape index (κ1) is 97.4. The van der Waals surface area contributed by atoms with Gasteiger partial charge in [-0.05, 0) is 0 Å². The molecule has 9 heterocycles. The highest BCUT2D eigenvalue weighted by Crippen LogP contribution is 2.41. The fourth-order valence-electron chi connectivity index (χ4n) is 15.1. The number of carbonyl (C=O) groups excluding carboxylic acids is 4. The molecule has 46 atom stereocenters. The molecule has 0 aromatic rings. The van der Waals surface area contributed by atoms with Gasteiger partial charge < -0.3 is 240 Å². The van der Waals surface area contributed by atoms with E-state index in [1.165, 1.54) is 0 Å². The van der Waals surface area contributed by atoms with E-state index in [1.807, 2.05) is 0 Å². The van der Waals surface area contributed by atoms with Crippen LogP contribution >= 0.6 is 0 Å². The van der Waals surface area contributed by atoms with Crippen molar-refractivity contribution in [1.29, 1.82) is 0 Å². The zero-order valence-corrected chi connectivity index (χ0v) is 63.1. The maximum atomic E-state index is 13.0. The van der Waals surface area contributed by atoms with Gasteiger partial charge in [-0.3, -0.25) is 19.2 Å². The Labute approximate surface area is 666 Å². The molecule has 0 aromatic heterocycles. The lowest BCUT2D eigenvalue weighted by atomic mass is 9.88. The van der Waals surface area contributed by atoms with Crippen LogP contribution in [0.2, 0.25) is 0 Å². The molecule has 31 N–H and O–H groups in total. The van der Waals surface area contributed by atoms with Gasteiger partial charge in [-0.25, -0.2) is 4.79 Å². The summed E-state index contributed by atoms with van der Waals surface area (Å²) >= 11 is 0. The Balaban J connectivity index is 0.925. The molecule has 9 saturated heterocycles. The number of nitrogens with one attached hydrogen (secondary N) is 4. The van der Waals surface area contributed by atoms with Crippen molar-refractivity contribution in [3.63, 3.8) is 0 Å². The van der Waals surface area contributed by atoms with Gasteiger partial charge in [0.2, 0.25) is 23.6 Å². The van der Waals surface area contributed by atoms with Crippen LogP contribution in [0.3, 0.4) is 0 Å². The number of aliphatic hydroxyl groups is 26. The number of carbonyl (C=O) groups is 5. The highest BCUT2D eigenvalue weighted by atomic mass is 16.8. The van der Waals surface area contributed by atoms with Gasteiger partial charge >= 0.3 is 5.97 Å². The van der Waals surface area contributed by atoms with Crippen LogP contribution in [-0.4, -0.2) is 509 Å². The van der Waals surface area contributed by atoms with Crippen molar-refractivity contribution in [2.75, 3.05) is 59.5 Å². The molecule has 0 radical (unpaired) electrons. The van der Waals surface area contributed by atoms with Crippen LogP contribution in [0.1, 0.15) is 34.1 Å². The van der Waals surface area contributed by atoms with Gasteiger partial charge in [0, 0.05) is 34.1 Å². The molecular formula is C65H108N4O49. The predicted octanol–water partition coefficient (Wildman–Crippen LogP) is -20.8. The van der Waals surface area contributed by atoms with Crippen LogP contribution < -0.4 is 21.3 Å². The lowest BCUT2D eigenvalue weighted by molar-refractivity contribution is -0.385. The summed E-state index contributed by atoms with van der Waals surface area (Å²) in [5.41, 5.74) is 0. The average Bonchev–Trinajstić information content (AvgIpc) is 0.766. The summed E-state index contributed by atoms with van der Waals surface area (Å²) in [6, 6.07) is -7.44. The van der Waals surface area contributed by atoms with Crippen molar-refractivity contribution in [2.24, 2.45) is 0 Å². The number of aliphatic hydroxyl groups excluding tert-OH is 26. The predicted molar refractivity (Wildman–Crippen MR) is 361 cm³/mol. The van der Waals surface area contributed by atoms with E-state index in [0.717, 1.165) is 27.7 Å². The van der Waals surface area contributed by atoms with Crippen LogP contribution in [0.5, 0.6) is 0 Å². The summed E-state index contributed by atoms with van der Waals surface area (Å²) in [5.74, 6) is -8.78. The second-order valence-corrected chi connectivity index (χ2v) is 29.6. The summed E-state index contributed by atoms with van der Waals surface area (Å²) in [6.07, 6.45) is -87.3. The molecule has 0 saturated carbocycles. The van der Waals surface area contributed by atoms with Crippen LogP contribution in [0, 0.1) is 0 Å². The fourth-order valence-corrected chi connectivity index (χ4v) is 15.1. The first-order chi connectivity index (χ1) is 55.6. The molecule has 9 fully saturated rings. The third kappa shape index (κ3) is 21.4. The smallest absolute Gasteiger partial charge is 0.364 e. The van der Waals surface area contributed by atoms with Crippen molar-refractivity contribution in [3.8, 4) is 0 Å². The SMILES string of the molecule is CC(=O)N[C@H]1[C@H](O[C@H]2[C@@H](O)[C@@H](CO)O[C@@H](O[C@H]3[C@H](O)[C@@H](NC(C)=O)[C@H](OC[C@H]4O[C@@H](O[C@H]5[C@H](O)[C@@H](O)C(O)O[C@@H]5CO)[C@H](O)[C@@H](O[C@@H]5O[C@H](CO)[C@@H](O)[C@H](O[C@@H]6O[C@H](CO)[C@H](O)[C@H](O)[C@H]6O)[C@H]5NC(C)=O)[C@H]4O)O[C@@H]3CO)[C@@H]2O)O[C@H](CO)[C@@H](OC2O[C@H](CO[C@]3(C(=O)O)C[C@H](O)[C@@H](NC(C)=O)[C@H]([C@H](O)[C@H](O)CO)O3)[C@H](O)[C@H](O)[C@H]2O)[C@@H]1O. The molecule has 9 aliphatic rings. The number of ether oxygens (including phenoxy) is 17. The van der Waals surface area contributed by atoms with E-state index in [9.17, 15) is 162 Å². The molecule has 118 heavy (non-hydrogen) atoms. The number of rotatable bonds is 32. The minimum absolute atomic E-state index is 0.826. The van der Waals surface area contributed by atoms with E-state index in [4.69, 9.17) is 80.5 Å². The van der Waals surface area contributed by atoms with Gasteiger partial charge in [-0.15, -0.1) is 0 Å². The maximum absolute atomic E-state index is 13.0. The topological polar surface area (TPSA) is 837 Å². The van der Waals surface area contributed by atoms with E-state index < -0.39 is 377 Å². The second-order valence-electron chi connectivity index (χ2n) is 29.6. The Morgan fingerprint density at radius 1 is 0.347 bits per heavy atom. The Morgan fingerprint density at radius 2 is 0.686 bits per heavy atom. The molecular weight excluding hydrogens is 1620 g/mol. The number of hydrogen-bond acceptors (Lipinski definition) is 48. The molecule has 0 bridgehead atoms. The number of carboxylic acid groups (broad SMARTS) is 1. The van der Waals surface area contributed by atoms with E-state index in [0.29, 0.717) is 0 Å². The van der Waals surface area contributed by atoms with Crippen LogP contribution in [-0.2, 0) is 104 Å². The zero-order chi connectivity index (χ0) is 87.3. The fraction of sp³-hybridized carbons (Fsp3) is 0.923. The number of carboxylic acids is 1. The van der Waals surface area contributed by atoms with Crippen molar-refractivity contribution >= 4 is 29.6 Å². The summed E-state index contributed by atoms with van der Waals surface area (Å²) in [5, 5.41) is 306. The highest BCUT2D eigenvalue weighted by molar-refractivity contribution is 5.77. The van der Waals surface area contributed by atoms with E-state index in [-0.39, 0.29) is 0 Å². The molecule has 0 spiro atoms. The maximum Gasteiger partial charge on any atom is 0.364 e. The average molecular weight is 1730 g/mol. The van der Waals surface area contributed by atoms with E-state index >= 15 is 0 Å². The normalized spacial score (nSPS) is 47.6. The number of hydrogen-bond donors (Lipinski definition) is 31. The molecule has 53 nitrogen and oxygen atoms in total. The van der Waals surface area contributed by atoms with Crippen molar-refractivity contribution < 1.29 is 242 Å². The third-order valence-corrected chi connectivity index (χ3v) is 21.3. The summed E-state index contributed by atoms with van der Waals surface area (Å²) < 4.78 is 99.0. The van der Waals surface area contributed by atoms with E-state index in [1.54, 1.807) is 0 Å². The molecule has 4 amide bonds. The zero-order valence-electron chi connectivity index (χ0n) is 63.1. The largest absolute Gasteiger partial charge is 0.477 e. The monoisotopic (exact) mass is 1730 g/mol. The lowest BCUT2D eigenvalue weighted by Crippen LogP contribution is -2.70. The van der Waals surface area contributed by atoms with Crippen molar-refractivity contribution in [3.05, 3.63) is 0 Å². The van der Waals surface area contributed by atoms with Crippen LogP contribution in [0.4, 0.5) is 0 Å². The van der Waals surface area contributed by atoms with Gasteiger partial charge in [0.1, 0.15) is 213 Å². The molecule has 0 aliphatic carbocycles. The Hall–Kier alpha value is -4.37. The van der Waals surface area contributed by atoms with Gasteiger partial charge in [0.15, 0.2) is 50.3 Å². The van der Waals surface area contributed by atoms with Crippen molar-refractivity contribution in [2.45, 2.75) is 316 Å². The van der Waals surface area contributed by atoms with Crippen molar-refractivity contribution in [1.82, 2.24) is 21.3 Å². The summed E-state index contributed by atoms with van der Waals surface area (Å²) in [4.78, 5) is 63.9. The molecule has 0 aromatic carbocycles. The second kappa shape index (κ2) is 42.1. The highest BCUT2D eigenvalue weighted by Gasteiger charge is 2.62. The number of amides is 4. The Bertz CT molecular complexity index is 3210. The molecule has 2 unspecified atom stereocenters. The lowest BCUT2D eigenvalue weighted by Gasteiger charge is -2.50. The molecule has 9 rings (SSSR count). The minimum atomic E-state index is -3.05. The molecule has 682 valence electrons. The van der Waals surface area contributed by atoms with Gasteiger partial charge in [-0.2, -0.15) is 0 Å². The van der Waals surface area contributed by atoms with Gasteiger partial charge in [0.05, 0.1) is 71.6 Å². The minimum Gasteiger partial charge on any atom is -0.477 e. The Morgan fingerprint density at radius 3 is 1.14 bits per heavy atom. The van der Waals surface area contributed by atoms with Gasteiger partial charge in [-0.1, -0.05) is 0 Å². The molecule has 53 heteroatoms. The summed E-state index contributed by atoms with van der Waals surface area (Å²) in [6.45, 7) is -6.34. The van der Waals surface area contributed by atoms with Gasteiger partial charge in [0.25, 0.3) is 5.79 Å². The van der Waals surface area contributed by atoms with E-state index in [2.05, 4.69) is 21.3 Å². The first-order valence-electron chi connectivity index (χ1n) is 37.3. The number of aliphatic carboxylic acids is 1. The Kier molecular flexibility index (Phi) is 34.7. The summed E-state index contributed by atoms with van der Waals surface area (Å²) in [7, 11) is 0. The third-order valence-electron chi connectivity index (χ3n) is 21.3. The molecule has 9 aliphatic heterocycles. The first-order valence-corrected chi connectivity index (χ1v) is 37.3. The van der Waals surface area contributed by atoms with Crippen LogP contribution in [0.15, 0.2) is 0 Å². The van der Waals surface area contributed by atoms with Crippen LogP contribution in [0.25, 0.3) is 0 Å². The quantitative estimate of drug-likeness (QED) is 0.0297.